The molecule has 11 heavy (non-hydrogen) atoms. The molecule has 0 bridgehead atoms. The lowest BCUT2D eigenvalue weighted by atomic mass is 10.3. The Morgan fingerprint density at radius 3 is 1.91 bits per heavy atom. The molecule has 1 nitrogen and oxygen atoms in total. The molecule has 0 spiro atoms. The van der Waals surface area contributed by atoms with E-state index in [1.165, 1.54) is 0 Å². The molecule has 0 saturated carbocycles. The van der Waals surface area contributed by atoms with Crippen LogP contribution >= 0.6 is 0 Å². The molecular formula is C5H5F5O. The zero-order valence-electron chi connectivity index (χ0n) is 5.51. The van der Waals surface area contributed by atoms with Gasteiger partial charge in [0.15, 0.2) is 0 Å². The van der Waals surface area contributed by atoms with Crippen molar-refractivity contribution in [1.29, 1.82) is 0 Å². The van der Waals surface area contributed by atoms with E-state index < -0.39 is 24.6 Å². The molecule has 0 aromatic rings. The second kappa shape index (κ2) is 3.54. The molecule has 0 rings (SSSR count). The smallest absolute Gasteiger partial charge is 0.314 e. The normalized spacial score (nSPS) is 11.1. The third-order valence-corrected chi connectivity index (χ3v) is 0.769. The summed E-state index contributed by atoms with van der Waals surface area (Å²) in [5.41, 5.74) is 0. The highest BCUT2D eigenvalue weighted by atomic mass is 19.3. The molecule has 0 heterocycles. The molecule has 0 fully saturated rings. The van der Waals surface area contributed by atoms with Crippen LogP contribution in [-0.2, 0) is 4.74 Å². The van der Waals surface area contributed by atoms with Gasteiger partial charge in [-0.3, -0.25) is 0 Å². The van der Waals surface area contributed by atoms with E-state index in [1.54, 1.807) is 0 Å². The summed E-state index contributed by atoms with van der Waals surface area (Å²) in [6.07, 6.45) is -2.71. The molecule has 0 aliphatic heterocycles. The summed E-state index contributed by atoms with van der Waals surface area (Å²) in [4.78, 5) is 0. The summed E-state index contributed by atoms with van der Waals surface area (Å²) < 4.78 is 61.6. The fraction of sp³-hybridized carbons (Fsp3) is 0.600. The zero-order valence-corrected chi connectivity index (χ0v) is 5.51. The molecule has 0 N–H and O–H groups in total. The number of rotatable bonds is 3. The summed E-state index contributed by atoms with van der Waals surface area (Å²) in [7, 11) is 0. The SMILES string of the molecule is CC(F)(F)C(OCF)=C(F)F. The first-order chi connectivity index (χ1) is 4.89. The first-order valence-corrected chi connectivity index (χ1v) is 2.52. The highest BCUT2D eigenvalue weighted by Gasteiger charge is 2.34. The van der Waals surface area contributed by atoms with Gasteiger partial charge in [-0.1, -0.05) is 0 Å². The van der Waals surface area contributed by atoms with Gasteiger partial charge >= 0.3 is 12.0 Å². The lowest BCUT2D eigenvalue weighted by Crippen LogP contribution is -2.17. The summed E-state index contributed by atoms with van der Waals surface area (Å²) in [6, 6.07) is 0. The summed E-state index contributed by atoms with van der Waals surface area (Å²) in [5.74, 6) is -5.76. The van der Waals surface area contributed by atoms with Gasteiger partial charge in [0.1, 0.15) is 0 Å². The monoisotopic (exact) mass is 176 g/mol. The van der Waals surface area contributed by atoms with Gasteiger partial charge in [-0.25, -0.2) is 4.39 Å². The van der Waals surface area contributed by atoms with Crippen LogP contribution in [0.2, 0.25) is 0 Å². The number of hydrogen-bond donors (Lipinski definition) is 0. The molecule has 0 atom stereocenters. The molecule has 0 aromatic carbocycles. The minimum Gasteiger partial charge on any atom is -0.455 e. The van der Waals surface area contributed by atoms with Gasteiger partial charge in [0.25, 0.3) is 0 Å². The standard InChI is InChI=1S/C5H5F5O/c1-5(9,10)3(4(7)8)11-2-6/h2H2,1H3. The molecule has 0 unspecified atom stereocenters. The summed E-state index contributed by atoms with van der Waals surface area (Å²) in [5, 5.41) is 0. The van der Waals surface area contributed by atoms with E-state index in [9.17, 15) is 22.0 Å². The van der Waals surface area contributed by atoms with Gasteiger partial charge in [0.05, 0.1) is 0 Å². The molecule has 0 aliphatic carbocycles. The van der Waals surface area contributed by atoms with E-state index in [4.69, 9.17) is 0 Å². The quantitative estimate of drug-likeness (QED) is 0.474. The summed E-state index contributed by atoms with van der Waals surface area (Å²) in [6.45, 7) is -1.51. The van der Waals surface area contributed by atoms with Crippen molar-refractivity contribution in [2.24, 2.45) is 0 Å². The highest BCUT2D eigenvalue weighted by Crippen LogP contribution is 2.28. The minimum atomic E-state index is -3.84. The molecule has 0 aliphatic rings. The van der Waals surface area contributed by atoms with Crippen molar-refractivity contribution in [1.82, 2.24) is 0 Å². The van der Waals surface area contributed by atoms with E-state index >= 15 is 0 Å². The Kier molecular flexibility index (Phi) is 3.28. The van der Waals surface area contributed by atoms with Crippen molar-refractivity contribution in [3.05, 3.63) is 11.8 Å². The third kappa shape index (κ3) is 3.20. The minimum absolute atomic E-state index is 0.192. The molecule has 0 aromatic heterocycles. The predicted octanol–water partition coefficient (Wildman–Crippen LogP) is 2.69. The molecule has 6 heteroatoms. The Balaban J connectivity index is 4.50. The highest BCUT2D eigenvalue weighted by molar-refractivity contribution is 5.03. The van der Waals surface area contributed by atoms with Crippen LogP contribution in [0.4, 0.5) is 22.0 Å². The van der Waals surface area contributed by atoms with Crippen molar-refractivity contribution in [3.8, 4) is 0 Å². The lowest BCUT2D eigenvalue weighted by molar-refractivity contribution is -0.0349. The number of ether oxygens (including phenoxy) is 1. The van der Waals surface area contributed by atoms with Crippen molar-refractivity contribution < 1.29 is 26.7 Å². The molecular weight excluding hydrogens is 171 g/mol. The van der Waals surface area contributed by atoms with Crippen LogP contribution < -0.4 is 0 Å². The van der Waals surface area contributed by atoms with E-state index in [0.717, 1.165) is 0 Å². The van der Waals surface area contributed by atoms with Crippen molar-refractivity contribution in [3.63, 3.8) is 0 Å². The van der Waals surface area contributed by atoms with E-state index in [0.29, 0.717) is 0 Å². The van der Waals surface area contributed by atoms with Crippen LogP contribution in [0.15, 0.2) is 11.8 Å². The van der Waals surface area contributed by atoms with Crippen LogP contribution in [0.5, 0.6) is 0 Å². The maximum Gasteiger partial charge on any atom is 0.314 e. The van der Waals surface area contributed by atoms with Gasteiger partial charge in [-0.15, -0.1) is 0 Å². The van der Waals surface area contributed by atoms with E-state index in [-0.39, 0.29) is 6.92 Å². The van der Waals surface area contributed by atoms with Gasteiger partial charge in [0.2, 0.25) is 12.6 Å². The van der Waals surface area contributed by atoms with Crippen LogP contribution in [0.3, 0.4) is 0 Å². The maximum atomic E-state index is 12.0. The second-order valence-corrected chi connectivity index (χ2v) is 1.73. The van der Waals surface area contributed by atoms with Crippen molar-refractivity contribution in [2.45, 2.75) is 12.8 Å². The van der Waals surface area contributed by atoms with E-state index in [1.807, 2.05) is 0 Å². The predicted molar refractivity (Wildman–Crippen MR) is 26.9 cm³/mol. The van der Waals surface area contributed by atoms with Crippen LogP contribution in [0.1, 0.15) is 6.92 Å². The Morgan fingerprint density at radius 2 is 1.82 bits per heavy atom. The van der Waals surface area contributed by atoms with Crippen LogP contribution in [-0.4, -0.2) is 12.8 Å². The largest absolute Gasteiger partial charge is 0.455 e. The molecule has 66 valence electrons. The average molecular weight is 176 g/mol. The number of halogens is 5. The van der Waals surface area contributed by atoms with Gasteiger partial charge in [-0.05, 0) is 0 Å². The fourth-order valence-corrected chi connectivity index (χ4v) is 0.402. The molecule has 0 amide bonds. The fourth-order valence-electron chi connectivity index (χ4n) is 0.402. The lowest BCUT2D eigenvalue weighted by Gasteiger charge is -2.12. The van der Waals surface area contributed by atoms with Crippen molar-refractivity contribution in [2.75, 3.05) is 6.86 Å². The Bertz CT molecular complexity index is 155. The Labute approximate surface area is 59.5 Å². The number of hydrogen-bond acceptors (Lipinski definition) is 1. The van der Waals surface area contributed by atoms with Gasteiger partial charge < -0.3 is 4.74 Å². The zero-order chi connectivity index (χ0) is 9.07. The van der Waals surface area contributed by atoms with Gasteiger partial charge in [0, 0.05) is 6.92 Å². The summed E-state index contributed by atoms with van der Waals surface area (Å²) >= 11 is 0. The van der Waals surface area contributed by atoms with Crippen LogP contribution in [0.25, 0.3) is 0 Å². The molecule has 0 saturated heterocycles. The van der Waals surface area contributed by atoms with Crippen LogP contribution in [0, 0.1) is 0 Å². The second-order valence-electron chi connectivity index (χ2n) is 1.73. The average Bonchev–Trinajstić information content (AvgIpc) is 1.79. The first-order valence-electron chi connectivity index (χ1n) is 2.52. The van der Waals surface area contributed by atoms with E-state index in [2.05, 4.69) is 4.74 Å². The topological polar surface area (TPSA) is 9.23 Å². The number of alkyl halides is 3. The third-order valence-electron chi connectivity index (χ3n) is 0.769. The Hall–Kier alpha value is -0.810. The Morgan fingerprint density at radius 1 is 1.36 bits per heavy atom. The van der Waals surface area contributed by atoms with Crippen molar-refractivity contribution >= 4 is 0 Å². The van der Waals surface area contributed by atoms with Gasteiger partial charge in [-0.2, -0.15) is 17.6 Å². The first kappa shape index (κ1) is 10.2. The molecule has 0 radical (unpaired) electrons. The maximum absolute atomic E-state index is 12.0. The number of allylic oxidation sites excluding steroid dienone is 1.